The van der Waals surface area contributed by atoms with Crippen LogP contribution >= 0.6 is 35.7 Å². The Hall–Kier alpha value is -1.48. The molecular formula is C18H25N3O2S3. The normalized spacial score (nSPS) is 12.1. The number of amides is 2. The number of thioether (sulfide) groups is 2. The Bertz CT molecular complexity index is 581. The fourth-order valence-electron chi connectivity index (χ4n) is 1.75. The Morgan fingerprint density at radius 2 is 2.04 bits per heavy atom. The lowest BCUT2D eigenvalue weighted by atomic mass is 10.1. The summed E-state index contributed by atoms with van der Waals surface area (Å²) in [7, 11) is 0. The second-order valence-electron chi connectivity index (χ2n) is 5.55. The lowest BCUT2D eigenvalue weighted by Gasteiger charge is -2.20. The topological polar surface area (TPSA) is 82.0 Å². The molecular weight excluding hydrogens is 386 g/mol. The van der Waals surface area contributed by atoms with Crippen molar-refractivity contribution in [2.75, 3.05) is 18.8 Å². The number of terminal acetylenes is 1. The van der Waals surface area contributed by atoms with Crippen LogP contribution in [0.4, 0.5) is 0 Å². The van der Waals surface area contributed by atoms with Gasteiger partial charge >= 0.3 is 0 Å². The Balaban J connectivity index is 4.08. The molecule has 0 heterocycles. The standard InChI is InChI=1S/C18H25N3O2S3/c1-4-6-7-8-15(22)21-12-13-25-17(24)26-18(3,14-19)10-9-16(23)20-11-5-2/h2,4H,1,6-13H2,3H3,(H,20,23)(H,21,22). The molecule has 5 nitrogen and oxygen atoms in total. The number of rotatable bonds is 12. The Labute approximate surface area is 170 Å². The summed E-state index contributed by atoms with van der Waals surface area (Å²) in [5.74, 6) is 2.82. The summed E-state index contributed by atoms with van der Waals surface area (Å²) in [6.07, 6.45) is 9.60. The zero-order valence-electron chi connectivity index (χ0n) is 15.0. The number of nitrogens with one attached hydrogen (secondary N) is 2. The molecule has 0 aromatic carbocycles. The summed E-state index contributed by atoms with van der Waals surface area (Å²) in [5, 5.41) is 14.8. The van der Waals surface area contributed by atoms with Gasteiger partial charge in [-0.3, -0.25) is 9.59 Å². The number of allylic oxidation sites excluding steroid dienone is 1. The lowest BCUT2D eigenvalue weighted by molar-refractivity contribution is -0.121. The molecule has 0 saturated heterocycles. The van der Waals surface area contributed by atoms with Crippen LogP contribution in [0, 0.1) is 23.7 Å². The minimum absolute atomic E-state index is 0.0193. The third kappa shape index (κ3) is 12.8. The minimum Gasteiger partial charge on any atom is -0.355 e. The van der Waals surface area contributed by atoms with Crippen LogP contribution in [-0.2, 0) is 9.59 Å². The average molecular weight is 412 g/mol. The highest BCUT2D eigenvalue weighted by atomic mass is 32.2. The largest absolute Gasteiger partial charge is 0.355 e. The van der Waals surface area contributed by atoms with Crippen LogP contribution in [0.2, 0.25) is 0 Å². The van der Waals surface area contributed by atoms with Gasteiger partial charge in [0.2, 0.25) is 11.8 Å². The summed E-state index contributed by atoms with van der Waals surface area (Å²) in [6.45, 7) is 6.09. The zero-order chi connectivity index (χ0) is 19.8. The first kappa shape index (κ1) is 24.5. The van der Waals surface area contributed by atoms with Crippen molar-refractivity contribution in [3.8, 4) is 18.4 Å². The van der Waals surface area contributed by atoms with Crippen molar-refractivity contribution in [3.63, 3.8) is 0 Å². The van der Waals surface area contributed by atoms with E-state index in [0.717, 1.165) is 12.8 Å². The minimum atomic E-state index is -0.772. The van der Waals surface area contributed by atoms with Crippen LogP contribution < -0.4 is 10.6 Å². The molecule has 26 heavy (non-hydrogen) atoms. The van der Waals surface area contributed by atoms with Crippen LogP contribution in [0.3, 0.4) is 0 Å². The number of nitriles is 1. The monoisotopic (exact) mass is 411 g/mol. The third-order valence-electron chi connectivity index (χ3n) is 3.22. The van der Waals surface area contributed by atoms with E-state index < -0.39 is 4.75 Å². The van der Waals surface area contributed by atoms with Gasteiger partial charge in [0.25, 0.3) is 0 Å². The summed E-state index contributed by atoms with van der Waals surface area (Å²) < 4.78 is -0.148. The molecule has 0 aliphatic carbocycles. The van der Waals surface area contributed by atoms with Crippen molar-refractivity contribution >= 4 is 51.1 Å². The average Bonchev–Trinajstić information content (AvgIpc) is 2.62. The van der Waals surface area contributed by atoms with Gasteiger partial charge in [0.15, 0.2) is 0 Å². The predicted molar refractivity (Wildman–Crippen MR) is 115 cm³/mol. The number of thiocarbonyl (C=S) groups is 1. The maximum absolute atomic E-state index is 11.6. The van der Waals surface area contributed by atoms with E-state index in [2.05, 4.69) is 29.2 Å². The Kier molecular flexibility index (Phi) is 13.8. The molecule has 8 heteroatoms. The fraction of sp³-hybridized carbons (Fsp3) is 0.556. The SMILES string of the molecule is C#CCNC(=O)CCC(C)(C#N)SC(=S)SCCNC(=O)CCCC=C. The highest BCUT2D eigenvalue weighted by molar-refractivity contribution is 8.47. The molecule has 0 aliphatic heterocycles. The number of hydrogen-bond donors (Lipinski definition) is 2. The zero-order valence-corrected chi connectivity index (χ0v) is 17.5. The maximum atomic E-state index is 11.6. The molecule has 0 aliphatic rings. The number of carbonyl (C=O) groups excluding carboxylic acids is 2. The molecule has 0 bridgehead atoms. The smallest absolute Gasteiger partial charge is 0.220 e. The van der Waals surface area contributed by atoms with E-state index in [-0.39, 0.29) is 24.8 Å². The van der Waals surface area contributed by atoms with Gasteiger partial charge < -0.3 is 10.6 Å². The summed E-state index contributed by atoms with van der Waals surface area (Å²) >= 11 is 8.01. The van der Waals surface area contributed by atoms with E-state index in [4.69, 9.17) is 18.6 Å². The number of unbranched alkanes of at least 4 members (excludes halogenated alkanes) is 1. The van der Waals surface area contributed by atoms with Gasteiger partial charge in [-0.1, -0.05) is 36.0 Å². The van der Waals surface area contributed by atoms with E-state index in [1.54, 1.807) is 13.0 Å². The molecule has 0 radical (unpaired) electrons. The molecule has 1 unspecified atom stereocenters. The van der Waals surface area contributed by atoms with E-state index in [9.17, 15) is 14.9 Å². The fourth-order valence-corrected chi connectivity index (χ4v) is 4.58. The Morgan fingerprint density at radius 1 is 1.35 bits per heavy atom. The second-order valence-corrected chi connectivity index (χ2v) is 9.36. The van der Waals surface area contributed by atoms with Crippen molar-refractivity contribution < 1.29 is 9.59 Å². The van der Waals surface area contributed by atoms with Crippen molar-refractivity contribution in [2.45, 2.75) is 43.8 Å². The quantitative estimate of drug-likeness (QED) is 0.222. The summed E-state index contributed by atoms with van der Waals surface area (Å²) in [5.41, 5.74) is 0. The predicted octanol–water partition coefficient (Wildman–Crippen LogP) is 3.02. The molecule has 142 valence electrons. The van der Waals surface area contributed by atoms with Crippen LogP contribution in [-0.4, -0.2) is 38.9 Å². The molecule has 0 aromatic rings. The molecule has 1 atom stereocenters. The van der Waals surface area contributed by atoms with Gasteiger partial charge in [0.05, 0.1) is 12.6 Å². The van der Waals surface area contributed by atoms with Gasteiger partial charge in [0, 0.05) is 25.1 Å². The van der Waals surface area contributed by atoms with Crippen LogP contribution in [0.5, 0.6) is 0 Å². The van der Waals surface area contributed by atoms with Crippen LogP contribution in [0.25, 0.3) is 0 Å². The van der Waals surface area contributed by atoms with E-state index in [1.165, 1.54) is 23.5 Å². The highest BCUT2D eigenvalue weighted by Gasteiger charge is 2.27. The third-order valence-corrected chi connectivity index (χ3v) is 5.98. The van der Waals surface area contributed by atoms with Crippen molar-refractivity contribution in [2.24, 2.45) is 0 Å². The number of carbonyl (C=O) groups is 2. The van der Waals surface area contributed by atoms with Crippen molar-refractivity contribution in [3.05, 3.63) is 12.7 Å². The summed E-state index contributed by atoms with van der Waals surface area (Å²) in [6, 6.07) is 2.22. The van der Waals surface area contributed by atoms with Crippen molar-refractivity contribution in [1.29, 1.82) is 5.26 Å². The van der Waals surface area contributed by atoms with Gasteiger partial charge in [0.1, 0.15) is 8.28 Å². The second kappa shape index (κ2) is 14.7. The molecule has 0 aromatic heterocycles. The molecule has 0 saturated carbocycles. The van der Waals surface area contributed by atoms with Crippen molar-refractivity contribution in [1.82, 2.24) is 10.6 Å². The first-order valence-electron chi connectivity index (χ1n) is 8.21. The molecule has 2 N–H and O–H groups in total. The highest BCUT2D eigenvalue weighted by Crippen LogP contribution is 2.34. The number of hydrogen-bond acceptors (Lipinski definition) is 6. The van der Waals surface area contributed by atoms with E-state index >= 15 is 0 Å². The van der Waals surface area contributed by atoms with E-state index in [1.807, 2.05) is 0 Å². The lowest BCUT2D eigenvalue weighted by Crippen LogP contribution is -2.27. The van der Waals surface area contributed by atoms with Gasteiger partial charge in [-0.15, -0.1) is 24.8 Å². The first-order chi connectivity index (χ1) is 12.4. The van der Waals surface area contributed by atoms with Gasteiger partial charge in [-0.05, 0) is 26.2 Å². The first-order valence-corrected chi connectivity index (χ1v) is 10.4. The Morgan fingerprint density at radius 3 is 2.65 bits per heavy atom. The van der Waals surface area contributed by atoms with Crippen LogP contribution in [0.15, 0.2) is 12.7 Å². The van der Waals surface area contributed by atoms with Gasteiger partial charge in [-0.2, -0.15) is 5.26 Å². The molecule has 0 spiro atoms. The van der Waals surface area contributed by atoms with Crippen LogP contribution in [0.1, 0.15) is 39.0 Å². The molecule has 0 rings (SSSR count). The molecule has 0 fully saturated rings. The number of nitrogens with zero attached hydrogens (tertiary/aromatic N) is 1. The van der Waals surface area contributed by atoms with E-state index in [0.29, 0.717) is 28.7 Å². The maximum Gasteiger partial charge on any atom is 0.220 e. The molecule has 2 amide bonds. The van der Waals surface area contributed by atoms with Gasteiger partial charge in [-0.25, -0.2) is 0 Å². The summed E-state index contributed by atoms with van der Waals surface area (Å²) in [4.78, 5) is 23.2.